The van der Waals surface area contributed by atoms with E-state index in [0.29, 0.717) is 0 Å². The molecule has 2 aliphatic carbocycles. The van der Waals surface area contributed by atoms with Crippen molar-refractivity contribution in [1.29, 1.82) is 0 Å². The van der Waals surface area contributed by atoms with Gasteiger partial charge in [-0.1, -0.05) is 78.3 Å². The Bertz CT molecular complexity index is 1640. The van der Waals surface area contributed by atoms with Gasteiger partial charge >= 0.3 is 0 Å². The van der Waals surface area contributed by atoms with E-state index in [2.05, 4.69) is 72.8 Å². The average molecular weight is 457 g/mol. The molecule has 160 valence electrons. The van der Waals surface area contributed by atoms with Gasteiger partial charge in [0.2, 0.25) is 0 Å². The Morgan fingerprint density at radius 2 is 0.971 bits per heavy atom. The zero-order valence-corrected chi connectivity index (χ0v) is 18.8. The summed E-state index contributed by atoms with van der Waals surface area (Å²) in [6.07, 6.45) is 0. The molecule has 5 aromatic carbocycles. The summed E-state index contributed by atoms with van der Waals surface area (Å²) in [5, 5.41) is 0.734. The Morgan fingerprint density at radius 3 is 1.65 bits per heavy atom. The topological polar surface area (TPSA) is 18.5 Å². The first-order chi connectivity index (χ1) is 16.7. The monoisotopic (exact) mass is 456 g/mol. The first-order valence-electron chi connectivity index (χ1n) is 11.4. The number of fused-ring (bicyclic) bond motifs is 12. The largest absolute Gasteiger partial charge is 0.450 e. The van der Waals surface area contributed by atoms with Crippen molar-refractivity contribution in [2.24, 2.45) is 0 Å². The first kappa shape index (κ1) is 18.4. The van der Waals surface area contributed by atoms with Gasteiger partial charge in [-0.25, -0.2) is 0 Å². The van der Waals surface area contributed by atoms with Crippen LogP contribution in [0.15, 0.2) is 103 Å². The third-order valence-electron chi connectivity index (χ3n) is 7.40. The quantitative estimate of drug-likeness (QED) is 0.227. The van der Waals surface area contributed by atoms with Crippen LogP contribution in [0.25, 0.3) is 22.3 Å². The summed E-state index contributed by atoms with van der Waals surface area (Å²) in [5.74, 6) is 2.93. The number of ether oxygens (including phenoxy) is 2. The van der Waals surface area contributed by atoms with Gasteiger partial charge in [0.1, 0.15) is 0 Å². The highest BCUT2D eigenvalue weighted by atomic mass is 35.5. The molecule has 0 unspecified atom stereocenters. The van der Waals surface area contributed by atoms with E-state index in [1.807, 2.05) is 30.3 Å². The van der Waals surface area contributed by atoms with Crippen molar-refractivity contribution < 1.29 is 9.47 Å². The third kappa shape index (κ3) is 2.12. The van der Waals surface area contributed by atoms with Crippen molar-refractivity contribution in [3.05, 3.63) is 130 Å². The van der Waals surface area contributed by atoms with Crippen LogP contribution >= 0.6 is 11.6 Å². The molecule has 0 fully saturated rings. The normalized spacial score (nSPS) is 14.7. The maximum Gasteiger partial charge on any atom is 0.170 e. The minimum absolute atomic E-state index is 0.460. The Balaban J connectivity index is 1.50. The molecule has 8 rings (SSSR count). The molecule has 34 heavy (non-hydrogen) atoms. The highest BCUT2D eigenvalue weighted by Crippen LogP contribution is 2.64. The summed E-state index contributed by atoms with van der Waals surface area (Å²) in [7, 11) is 0. The number of halogens is 1. The maximum atomic E-state index is 6.62. The standard InChI is InChI=1S/C31H17ClO2/c32-18-13-14-21-22-16-29-30(34-28-12-6-5-11-27(28)33-29)17-26(22)31(25(21)15-18)23-9-3-1-7-19(23)20-8-2-4-10-24(20)31/h1-17H. The molecule has 3 heteroatoms. The number of hydrogen-bond acceptors (Lipinski definition) is 2. The van der Waals surface area contributed by atoms with Gasteiger partial charge in [-0.15, -0.1) is 0 Å². The molecule has 3 aliphatic rings. The van der Waals surface area contributed by atoms with Gasteiger partial charge in [0.25, 0.3) is 0 Å². The smallest absolute Gasteiger partial charge is 0.170 e. The van der Waals surface area contributed by atoms with Crippen molar-refractivity contribution in [2.45, 2.75) is 5.41 Å². The van der Waals surface area contributed by atoms with Crippen LogP contribution in [0.4, 0.5) is 0 Å². The molecule has 0 atom stereocenters. The van der Waals surface area contributed by atoms with E-state index in [1.54, 1.807) is 0 Å². The summed E-state index contributed by atoms with van der Waals surface area (Å²) in [6.45, 7) is 0. The second-order valence-electron chi connectivity index (χ2n) is 9.03. The SMILES string of the molecule is Clc1ccc2c(c1)C1(c3ccccc3-c3ccccc31)c1cc3c(cc1-2)Oc1ccccc1O3. The van der Waals surface area contributed by atoms with Crippen molar-refractivity contribution >= 4 is 11.6 Å². The molecule has 2 nitrogen and oxygen atoms in total. The molecule has 5 aromatic rings. The molecular formula is C31H17ClO2. The lowest BCUT2D eigenvalue weighted by Crippen LogP contribution is -2.26. The van der Waals surface area contributed by atoms with Gasteiger partial charge in [0, 0.05) is 5.02 Å². The minimum Gasteiger partial charge on any atom is -0.450 e. The highest BCUT2D eigenvalue weighted by Gasteiger charge is 2.52. The predicted molar refractivity (Wildman–Crippen MR) is 134 cm³/mol. The summed E-state index contributed by atoms with van der Waals surface area (Å²) in [6, 6.07) is 35.8. The lowest BCUT2D eigenvalue weighted by Gasteiger charge is -2.31. The predicted octanol–water partition coefficient (Wildman–Crippen LogP) is 8.58. The van der Waals surface area contributed by atoms with Gasteiger partial charge in [-0.2, -0.15) is 0 Å². The molecule has 0 N–H and O–H groups in total. The molecule has 0 radical (unpaired) electrons. The van der Waals surface area contributed by atoms with Crippen molar-refractivity contribution in [3.63, 3.8) is 0 Å². The number of hydrogen-bond donors (Lipinski definition) is 0. The molecule has 0 saturated carbocycles. The van der Waals surface area contributed by atoms with E-state index >= 15 is 0 Å². The van der Waals surface area contributed by atoms with Gasteiger partial charge in [-0.05, 0) is 80.9 Å². The van der Waals surface area contributed by atoms with Crippen LogP contribution in [0.5, 0.6) is 23.0 Å². The Morgan fingerprint density at radius 1 is 0.441 bits per heavy atom. The van der Waals surface area contributed by atoms with Crippen LogP contribution < -0.4 is 9.47 Å². The molecule has 0 saturated heterocycles. The van der Waals surface area contributed by atoms with E-state index in [1.165, 1.54) is 38.9 Å². The summed E-state index contributed by atoms with van der Waals surface area (Å²) < 4.78 is 12.6. The zero-order valence-electron chi connectivity index (χ0n) is 18.0. The van der Waals surface area contributed by atoms with Crippen molar-refractivity contribution in [2.75, 3.05) is 0 Å². The van der Waals surface area contributed by atoms with Gasteiger partial charge in [-0.3, -0.25) is 0 Å². The Hall–Kier alpha value is -4.01. The van der Waals surface area contributed by atoms with Crippen molar-refractivity contribution in [3.8, 4) is 45.3 Å². The fourth-order valence-electron chi connectivity index (χ4n) is 6.13. The fraction of sp³-hybridized carbons (Fsp3) is 0.0323. The number of para-hydroxylation sites is 2. The fourth-order valence-corrected chi connectivity index (χ4v) is 6.30. The molecular weight excluding hydrogens is 440 g/mol. The van der Waals surface area contributed by atoms with Crippen LogP contribution in [0.2, 0.25) is 5.02 Å². The third-order valence-corrected chi connectivity index (χ3v) is 7.64. The second kappa shape index (κ2) is 6.31. The molecule has 1 heterocycles. The zero-order chi connectivity index (χ0) is 22.4. The average Bonchev–Trinajstić information content (AvgIpc) is 3.32. The molecule has 1 aliphatic heterocycles. The summed E-state index contributed by atoms with van der Waals surface area (Å²) >= 11 is 6.62. The molecule has 0 bridgehead atoms. The summed E-state index contributed by atoms with van der Waals surface area (Å²) in [4.78, 5) is 0. The van der Waals surface area contributed by atoms with Crippen LogP contribution in [0.1, 0.15) is 22.3 Å². The molecule has 0 amide bonds. The van der Waals surface area contributed by atoms with Gasteiger partial charge < -0.3 is 9.47 Å². The Labute approximate surface area is 202 Å². The lowest BCUT2D eigenvalue weighted by molar-refractivity contribution is 0.359. The molecule has 0 aromatic heterocycles. The van der Waals surface area contributed by atoms with Gasteiger partial charge in [0.05, 0.1) is 5.41 Å². The first-order valence-corrected chi connectivity index (χ1v) is 11.8. The van der Waals surface area contributed by atoms with E-state index in [9.17, 15) is 0 Å². The van der Waals surface area contributed by atoms with Crippen LogP contribution in [-0.4, -0.2) is 0 Å². The van der Waals surface area contributed by atoms with Gasteiger partial charge in [0.15, 0.2) is 23.0 Å². The lowest BCUT2D eigenvalue weighted by atomic mass is 9.70. The van der Waals surface area contributed by atoms with E-state index in [0.717, 1.165) is 33.6 Å². The van der Waals surface area contributed by atoms with E-state index in [-0.39, 0.29) is 0 Å². The highest BCUT2D eigenvalue weighted by molar-refractivity contribution is 6.30. The van der Waals surface area contributed by atoms with Crippen LogP contribution in [0.3, 0.4) is 0 Å². The molecule has 1 spiro atoms. The van der Waals surface area contributed by atoms with E-state index in [4.69, 9.17) is 21.1 Å². The number of benzene rings is 5. The van der Waals surface area contributed by atoms with Crippen LogP contribution in [0, 0.1) is 0 Å². The summed E-state index contributed by atoms with van der Waals surface area (Å²) in [5.41, 5.74) is 9.34. The van der Waals surface area contributed by atoms with Crippen molar-refractivity contribution in [1.82, 2.24) is 0 Å². The second-order valence-corrected chi connectivity index (χ2v) is 9.46. The number of rotatable bonds is 0. The minimum atomic E-state index is -0.460. The van der Waals surface area contributed by atoms with Crippen LogP contribution in [-0.2, 0) is 5.41 Å². The van der Waals surface area contributed by atoms with E-state index < -0.39 is 5.41 Å². The Kier molecular flexibility index (Phi) is 3.42. The maximum absolute atomic E-state index is 6.62.